The molecule has 0 unspecified atom stereocenters. The number of nitro benzene ring substituents is 1. The molecule has 9 nitrogen and oxygen atoms in total. The molecule has 4 saturated heterocycles. The van der Waals surface area contributed by atoms with E-state index in [4.69, 9.17) is 0 Å². The van der Waals surface area contributed by atoms with Gasteiger partial charge in [-0.3, -0.25) is 29.6 Å². The summed E-state index contributed by atoms with van der Waals surface area (Å²) in [6, 6.07) is 15.5. The maximum Gasteiger partial charge on any atom is 0.271 e. The average Bonchev–Trinajstić information content (AvgIpc) is 2.73. The first-order valence-electron chi connectivity index (χ1n) is 9.88. The van der Waals surface area contributed by atoms with Crippen LogP contribution in [0.4, 0.5) is 5.69 Å². The predicted molar refractivity (Wildman–Crippen MR) is 111 cm³/mol. The lowest BCUT2D eigenvalue weighted by atomic mass is 9.74. The van der Waals surface area contributed by atoms with Gasteiger partial charge in [-0.2, -0.15) is 5.10 Å². The van der Waals surface area contributed by atoms with Crippen molar-refractivity contribution >= 4 is 17.3 Å². The Bertz CT molecular complexity index is 970. The van der Waals surface area contributed by atoms with Crippen LogP contribution in [0.5, 0.6) is 0 Å². The van der Waals surface area contributed by atoms with Gasteiger partial charge in [0.1, 0.15) is 0 Å². The van der Waals surface area contributed by atoms with E-state index in [1.807, 2.05) is 30.3 Å². The van der Waals surface area contributed by atoms with Gasteiger partial charge in [0.05, 0.1) is 36.1 Å². The molecule has 154 valence electrons. The number of carbonyl (C=O) groups excluding carboxylic acids is 1. The topological polar surface area (TPSA) is 94.3 Å². The molecule has 2 aromatic carbocycles. The number of carbonyl (C=O) groups is 1. The van der Waals surface area contributed by atoms with Crippen LogP contribution < -0.4 is 5.43 Å². The minimum Gasteiger partial charge on any atom is -0.276 e. The predicted octanol–water partition coefficient (Wildman–Crippen LogP) is 1.53. The lowest BCUT2D eigenvalue weighted by Crippen LogP contribution is -2.74. The highest BCUT2D eigenvalue weighted by molar-refractivity contribution is 6.06. The first kappa shape index (κ1) is 18.9. The third-order valence-electron chi connectivity index (χ3n) is 5.94. The Kier molecular flexibility index (Phi) is 4.58. The molecule has 0 aromatic heterocycles. The molecule has 4 heterocycles. The number of amides is 1. The van der Waals surface area contributed by atoms with Crippen molar-refractivity contribution < 1.29 is 9.72 Å². The number of rotatable bonds is 5. The van der Waals surface area contributed by atoms with Crippen LogP contribution in [-0.4, -0.2) is 70.9 Å². The van der Waals surface area contributed by atoms with Gasteiger partial charge < -0.3 is 0 Å². The van der Waals surface area contributed by atoms with Gasteiger partial charge in [-0.05, 0) is 17.7 Å². The SMILES string of the molecule is O=C(N/N=C(/c1ccccc1)C12CN3CN(CN(C3)C1)C2)c1ccc([N+](=O)[O-])cc1. The second-order valence-electron chi connectivity index (χ2n) is 8.26. The van der Waals surface area contributed by atoms with E-state index in [2.05, 4.69) is 25.2 Å². The van der Waals surface area contributed by atoms with Crippen molar-refractivity contribution in [1.29, 1.82) is 0 Å². The molecule has 30 heavy (non-hydrogen) atoms. The van der Waals surface area contributed by atoms with Crippen molar-refractivity contribution in [3.8, 4) is 0 Å². The van der Waals surface area contributed by atoms with Crippen LogP contribution in [0.1, 0.15) is 15.9 Å². The first-order chi connectivity index (χ1) is 14.5. The standard InChI is InChI=1S/C21H22N6O3/c28-20(17-6-8-18(9-7-17)27(29)30)23-22-19(16-4-2-1-3-5-16)21-10-24-13-25(11-21)15-26(12-21)14-24/h1-9H,10-15H2,(H,23,28)/b22-19-. The van der Waals surface area contributed by atoms with E-state index in [1.165, 1.54) is 24.3 Å². The summed E-state index contributed by atoms with van der Waals surface area (Å²) < 4.78 is 0. The van der Waals surface area contributed by atoms with Gasteiger partial charge in [-0.25, -0.2) is 5.43 Å². The van der Waals surface area contributed by atoms with E-state index in [9.17, 15) is 14.9 Å². The van der Waals surface area contributed by atoms with E-state index in [0.717, 1.165) is 50.9 Å². The molecule has 4 bridgehead atoms. The van der Waals surface area contributed by atoms with Crippen molar-refractivity contribution in [2.75, 3.05) is 39.6 Å². The molecule has 0 spiro atoms. The minimum atomic E-state index is -0.486. The molecule has 6 rings (SSSR count). The van der Waals surface area contributed by atoms with E-state index < -0.39 is 4.92 Å². The number of benzene rings is 2. The Morgan fingerprint density at radius 1 is 0.900 bits per heavy atom. The van der Waals surface area contributed by atoms with Gasteiger partial charge in [0, 0.05) is 37.3 Å². The molecular weight excluding hydrogens is 384 g/mol. The number of hydrazone groups is 1. The Hall–Kier alpha value is -3.14. The third kappa shape index (κ3) is 3.36. The van der Waals surface area contributed by atoms with Crippen LogP contribution in [0.15, 0.2) is 59.7 Å². The van der Waals surface area contributed by atoms with Crippen molar-refractivity contribution in [1.82, 2.24) is 20.1 Å². The van der Waals surface area contributed by atoms with Crippen molar-refractivity contribution in [2.45, 2.75) is 0 Å². The highest BCUT2D eigenvalue weighted by atomic mass is 16.6. The van der Waals surface area contributed by atoms with E-state index >= 15 is 0 Å². The maximum atomic E-state index is 12.7. The summed E-state index contributed by atoms with van der Waals surface area (Å²) in [5.41, 5.74) is 4.66. The van der Waals surface area contributed by atoms with E-state index in [-0.39, 0.29) is 17.0 Å². The van der Waals surface area contributed by atoms with Crippen LogP contribution in [0.3, 0.4) is 0 Å². The van der Waals surface area contributed by atoms with Crippen LogP contribution in [0.25, 0.3) is 0 Å². The van der Waals surface area contributed by atoms with Crippen LogP contribution in [0, 0.1) is 15.5 Å². The van der Waals surface area contributed by atoms with E-state index in [0.29, 0.717) is 5.56 Å². The number of hydrogen-bond donors (Lipinski definition) is 1. The van der Waals surface area contributed by atoms with Gasteiger partial charge in [0.15, 0.2) is 0 Å². The van der Waals surface area contributed by atoms with E-state index in [1.54, 1.807) is 0 Å². The molecule has 0 aliphatic carbocycles. The monoisotopic (exact) mass is 406 g/mol. The van der Waals surface area contributed by atoms with Crippen molar-refractivity contribution in [3.05, 3.63) is 75.8 Å². The molecule has 1 amide bonds. The Labute approximate surface area is 173 Å². The molecule has 0 atom stereocenters. The molecule has 4 fully saturated rings. The molecule has 0 radical (unpaired) electrons. The Morgan fingerprint density at radius 3 is 2.00 bits per heavy atom. The van der Waals surface area contributed by atoms with Gasteiger partial charge in [0.25, 0.3) is 11.6 Å². The summed E-state index contributed by atoms with van der Waals surface area (Å²) in [7, 11) is 0. The van der Waals surface area contributed by atoms with Crippen molar-refractivity contribution in [3.63, 3.8) is 0 Å². The summed E-state index contributed by atoms with van der Waals surface area (Å²) in [4.78, 5) is 30.2. The quantitative estimate of drug-likeness (QED) is 0.460. The lowest BCUT2D eigenvalue weighted by Gasteiger charge is -2.60. The third-order valence-corrected chi connectivity index (χ3v) is 5.94. The zero-order chi connectivity index (χ0) is 20.7. The number of non-ortho nitro benzene ring substituents is 1. The maximum absolute atomic E-state index is 12.7. The second kappa shape index (κ2) is 7.28. The van der Waals surface area contributed by atoms with Gasteiger partial charge in [-0.1, -0.05) is 30.3 Å². The molecular formula is C21H22N6O3. The number of nitrogens with zero attached hydrogens (tertiary/aromatic N) is 5. The van der Waals surface area contributed by atoms with Crippen LogP contribution in [-0.2, 0) is 0 Å². The number of nitro groups is 1. The van der Waals surface area contributed by atoms with Crippen molar-refractivity contribution in [2.24, 2.45) is 10.5 Å². The molecule has 9 heteroatoms. The fourth-order valence-corrected chi connectivity index (χ4v) is 4.93. The van der Waals surface area contributed by atoms with Gasteiger partial charge >= 0.3 is 0 Å². The number of nitrogens with one attached hydrogen (secondary N) is 1. The largest absolute Gasteiger partial charge is 0.276 e. The summed E-state index contributed by atoms with van der Waals surface area (Å²) in [6.07, 6.45) is 0. The summed E-state index contributed by atoms with van der Waals surface area (Å²) in [6.45, 7) is 5.61. The first-order valence-corrected chi connectivity index (χ1v) is 9.88. The highest BCUT2D eigenvalue weighted by Crippen LogP contribution is 2.38. The van der Waals surface area contributed by atoms with Gasteiger partial charge in [0.2, 0.25) is 0 Å². The summed E-state index contributed by atoms with van der Waals surface area (Å²) >= 11 is 0. The summed E-state index contributed by atoms with van der Waals surface area (Å²) in [5.74, 6) is -0.385. The van der Waals surface area contributed by atoms with Crippen LogP contribution >= 0.6 is 0 Å². The average molecular weight is 406 g/mol. The molecule has 2 aromatic rings. The second-order valence-corrected chi connectivity index (χ2v) is 8.26. The molecule has 0 saturated carbocycles. The van der Waals surface area contributed by atoms with Crippen LogP contribution in [0.2, 0.25) is 0 Å². The highest BCUT2D eigenvalue weighted by Gasteiger charge is 2.51. The molecule has 1 N–H and O–H groups in total. The lowest BCUT2D eigenvalue weighted by molar-refractivity contribution is -0.384. The zero-order valence-electron chi connectivity index (χ0n) is 16.4. The molecule has 4 aliphatic heterocycles. The smallest absolute Gasteiger partial charge is 0.271 e. The normalized spacial score (nSPS) is 29.6. The Balaban J connectivity index is 1.45. The Morgan fingerprint density at radius 2 is 1.47 bits per heavy atom. The fourth-order valence-electron chi connectivity index (χ4n) is 4.93. The number of hydrogen-bond acceptors (Lipinski definition) is 7. The van der Waals surface area contributed by atoms with Gasteiger partial charge in [-0.15, -0.1) is 0 Å². The zero-order valence-corrected chi connectivity index (χ0v) is 16.4. The summed E-state index contributed by atoms with van der Waals surface area (Å²) in [5, 5.41) is 15.5. The fraction of sp³-hybridized carbons (Fsp3) is 0.333. The molecule has 4 aliphatic rings. The minimum absolute atomic E-state index is 0.0502.